The Morgan fingerprint density at radius 3 is 1.57 bits per heavy atom. The quantitative estimate of drug-likeness (QED) is 0.0519. The Morgan fingerprint density at radius 2 is 1.00 bits per heavy atom. The van der Waals surface area contributed by atoms with E-state index in [0.29, 0.717) is 38.0 Å². The van der Waals surface area contributed by atoms with Crippen LogP contribution in [0.3, 0.4) is 0 Å². The number of unbranched alkanes of at least 4 members (excludes halogenated alkanes) is 16. The van der Waals surface area contributed by atoms with Crippen LogP contribution in [-0.4, -0.2) is 60.9 Å². The Bertz CT molecular complexity index is 768. The van der Waals surface area contributed by atoms with Gasteiger partial charge in [0.25, 0.3) is 0 Å². The Balaban J connectivity index is 2.65. The van der Waals surface area contributed by atoms with Gasteiger partial charge in [-0.15, -0.1) is 0 Å². The second kappa shape index (κ2) is 35.9. The summed E-state index contributed by atoms with van der Waals surface area (Å²) in [6.45, 7) is 9.39. The van der Waals surface area contributed by atoms with Crippen LogP contribution in [0.1, 0.15) is 226 Å². The number of carbonyl (C=O) groups is 2. The van der Waals surface area contributed by atoms with Gasteiger partial charge in [0.15, 0.2) is 0 Å². The Morgan fingerprint density at radius 1 is 0.549 bits per heavy atom. The van der Waals surface area contributed by atoms with Crippen molar-refractivity contribution in [3.63, 3.8) is 0 Å². The zero-order valence-electron chi connectivity index (χ0n) is 34.4. The minimum absolute atomic E-state index is 0.0331. The fourth-order valence-electron chi connectivity index (χ4n) is 7.98. The first-order chi connectivity index (χ1) is 25.0. The standard InChI is InChI=1S/C45H87NO5/c1-4-7-10-13-15-16-21-26-34-44(48)50-39-42(31-27-28-35-46(36-37-47)43-32-24-19-17-20-25-33-43)40-51-45(49)38-41(29-22-12-9-6-3)30-23-18-14-11-8-5-2/h41-43,47H,4-40H2,1-3H3. The second-order valence-corrected chi connectivity index (χ2v) is 16.2. The molecule has 0 bridgehead atoms. The summed E-state index contributed by atoms with van der Waals surface area (Å²) in [4.78, 5) is 28.4. The maximum absolute atomic E-state index is 13.2. The predicted octanol–water partition coefficient (Wildman–Crippen LogP) is 12.5. The van der Waals surface area contributed by atoms with Gasteiger partial charge in [-0.05, 0) is 57.4 Å². The molecule has 1 rings (SSSR count). The number of nitrogens with zero attached hydrogens (tertiary/aromatic N) is 1. The van der Waals surface area contributed by atoms with Gasteiger partial charge in [-0.2, -0.15) is 0 Å². The zero-order chi connectivity index (χ0) is 37.0. The van der Waals surface area contributed by atoms with Crippen molar-refractivity contribution in [2.24, 2.45) is 11.8 Å². The van der Waals surface area contributed by atoms with Crippen LogP contribution < -0.4 is 0 Å². The van der Waals surface area contributed by atoms with Gasteiger partial charge >= 0.3 is 11.9 Å². The van der Waals surface area contributed by atoms with Crippen LogP contribution >= 0.6 is 0 Å². The summed E-state index contributed by atoms with van der Waals surface area (Å²) in [7, 11) is 0. The van der Waals surface area contributed by atoms with Crippen molar-refractivity contribution in [1.29, 1.82) is 0 Å². The molecular weight excluding hydrogens is 634 g/mol. The molecule has 6 nitrogen and oxygen atoms in total. The van der Waals surface area contributed by atoms with Crippen LogP contribution in [-0.2, 0) is 19.1 Å². The number of hydrogen-bond donors (Lipinski definition) is 1. The van der Waals surface area contributed by atoms with E-state index in [9.17, 15) is 14.7 Å². The molecule has 1 saturated carbocycles. The minimum Gasteiger partial charge on any atom is -0.465 e. The van der Waals surface area contributed by atoms with Gasteiger partial charge in [-0.25, -0.2) is 0 Å². The van der Waals surface area contributed by atoms with Crippen LogP contribution in [0.2, 0.25) is 0 Å². The summed E-state index contributed by atoms with van der Waals surface area (Å²) in [5.74, 6) is 0.261. The summed E-state index contributed by atoms with van der Waals surface area (Å²) in [6, 6.07) is 0.581. The molecule has 2 unspecified atom stereocenters. The van der Waals surface area contributed by atoms with E-state index in [1.165, 1.54) is 148 Å². The SMILES string of the molecule is CCCCCCCCCCC(=O)OCC(CCCCN(CCO)C1CCCCCCC1)COC(=O)CC(CCCCCC)CCCCCCCC. The van der Waals surface area contributed by atoms with Crippen molar-refractivity contribution in [3.05, 3.63) is 0 Å². The van der Waals surface area contributed by atoms with Gasteiger partial charge in [0, 0.05) is 31.3 Å². The molecule has 0 saturated heterocycles. The molecule has 302 valence electrons. The number of carbonyl (C=O) groups excluding carboxylic acids is 2. The predicted molar refractivity (Wildman–Crippen MR) is 216 cm³/mol. The van der Waals surface area contributed by atoms with Crippen LogP contribution in [0.15, 0.2) is 0 Å². The van der Waals surface area contributed by atoms with Crippen molar-refractivity contribution in [2.75, 3.05) is 32.9 Å². The highest BCUT2D eigenvalue weighted by molar-refractivity contribution is 5.70. The average molecular weight is 722 g/mol. The Hall–Kier alpha value is -1.14. The smallest absolute Gasteiger partial charge is 0.306 e. The third kappa shape index (κ3) is 29.0. The molecule has 1 aliphatic carbocycles. The van der Waals surface area contributed by atoms with Crippen LogP contribution in [0, 0.1) is 11.8 Å². The van der Waals surface area contributed by atoms with Gasteiger partial charge in [-0.3, -0.25) is 14.5 Å². The lowest BCUT2D eigenvalue weighted by molar-refractivity contribution is -0.150. The third-order valence-electron chi connectivity index (χ3n) is 11.4. The van der Waals surface area contributed by atoms with E-state index in [1.807, 2.05) is 0 Å². The van der Waals surface area contributed by atoms with E-state index < -0.39 is 0 Å². The van der Waals surface area contributed by atoms with E-state index >= 15 is 0 Å². The molecule has 0 heterocycles. The average Bonchev–Trinajstić information content (AvgIpc) is 3.11. The number of ether oxygens (including phenoxy) is 2. The first-order valence-corrected chi connectivity index (χ1v) is 22.7. The molecule has 0 spiro atoms. The number of aliphatic hydroxyl groups excluding tert-OH is 1. The first kappa shape index (κ1) is 47.9. The molecule has 0 aliphatic heterocycles. The van der Waals surface area contributed by atoms with E-state index in [2.05, 4.69) is 25.7 Å². The van der Waals surface area contributed by atoms with Gasteiger partial charge in [0.2, 0.25) is 0 Å². The monoisotopic (exact) mass is 722 g/mol. The number of rotatable bonds is 35. The third-order valence-corrected chi connectivity index (χ3v) is 11.4. The van der Waals surface area contributed by atoms with Crippen molar-refractivity contribution < 1.29 is 24.2 Å². The first-order valence-electron chi connectivity index (χ1n) is 22.7. The maximum atomic E-state index is 13.2. The van der Waals surface area contributed by atoms with E-state index in [0.717, 1.165) is 58.0 Å². The van der Waals surface area contributed by atoms with Crippen LogP contribution in [0.4, 0.5) is 0 Å². The Labute approximate surface area is 317 Å². The van der Waals surface area contributed by atoms with Gasteiger partial charge < -0.3 is 14.6 Å². The molecule has 1 fully saturated rings. The maximum Gasteiger partial charge on any atom is 0.306 e. The molecule has 1 N–H and O–H groups in total. The summed E-state index contributed by atoms with van der Waals surface area (Å²) in [5.41, 5.74) is 0. The van der Waals surface area contributed by atoms with Gasteiger partial charge in [-0.1, -0.05) is 168 Å². The van der Waals surface area contributed by atoms with Crippen LogP contribution in [0.25, 0.3) is 0 Å². The van der Waals surface area contributed by atoms with Gasteiger partial charge in [0.1, 0.15) is 0 Å². The van der Waals surface area contributed by atoms with E-state index in [4.69, 9.17) is 9.47 Å². The number of hydrogen-bond acceptors (Lipinski definition) is 6. The molecule has 51 heavy (non-hydrogen) atoms. The normalized spacial score (nSPS) is 15.4. The molecule has 6 heteroatoms. The zero-order valence-corrected chi connectivity index (χ0v) is 34.4. The largest absolute Gasteiger partial charge is 0.465 e. The van der Waals surface area contributed by atoms with Crippen molar-refractivity contribution in [1.82, 2.24) is 4.90 Å². The summed E-state index contributed by atoms with van der Waals surface area (Å²) in [5, 5.41) is 9.80. The molecule has 2 atom stereocenters. The molecule has 0 amide bonds. The molecular formula is C45H87NO5. The molecule has 0 aromatic heterocycles. The lowest BCUT2D eigenvalue weighted by Crippen LogP contribution is -2.38. The highest BCUT2D eigenvalue weighted by atomic mass is 16.5. The fraction of sp³-hybridized carbons (Fsp3) is 0.956. The topological polar surface area (TPSA) is 76.1 Å². The fourth-order valence-corrected chi connectivity index (χ4v) is 7.98. The molecule has 1 aliphatic rings. The highest BCUT2D eigenvalue weighted by Crippen LogP contribution is 2.24. The second-order valence-electron chi connectivity index (χ2n) is 16.2. The molecule has 0 aromatic rings. The lowest BCUT2D eigenvalue weighted by atomic mass is 9.91. The van der Waals surface area contributed by atoms with Crippen molar-refractivity contribution >= 4 is 11.9 Å². The van der Waals surface area contributed by atoms with Gasteiger partial charge in [0.05, 0.1) is 19.8 Å². The molecule has 0 radical (unpaired) electrons. The number of aliphatic hydroxyl groups is 1. The van der Waals surface area contributed by atoms with E-state index in [1.54, 1.807) is 0 Å². The summed E-state index contributed by atoms with van der Waals surface area (Å²) < 4.78 is 11.8. The highest BCUT2D eigenvalue weighted by Gasteiger charge is 2.21. The summed E-state index contributed by atoms with van der Waals surface area (Å²) in [6.07, 6.45) is 37.6. The Kier molecular flexibility index (Phi) is 33.7. The molecule has 0 aromatic carbocycles. The van der Waals surface area contributed by atoms with Crippen molar-refractivity contribution in [3.8, 4) is 0 Å². The van der Waals surface area contributed by atoms with Crippen molar-refractivity contribution in [2.45, 2.75) is 232 Å². The lowest BCUT2D eigenvalue weighted by Gasteiger charge is -2.32. The summed E-state index contributed by atoms with van der Waals surface area (Å²) >= 11 is 0. The van der Waals surface area contributed by atoms with E-state index in [-0.39, 0.29) is 24.5 Å². The van der Waals surface area contributed by atoms with Crippen LogP contribution in [0.5, 0.6) is 0 Å². The minimum atomic E-state index is -0.109. The number of esters is 2.